The van der Waals surface area contributed by atoms with Crippen LogP contribution in [0, 0.1) is 17.8 Å². The van der Waals surface area contributed by atoms with Crippen molar-refractivity contribution in [2.45, 2.75) is 84.8 Å². The van der Waals surface area contributed by atoms with E-state index in [-0.39, 0.29) is 31.0 Å². The van der Waals surface area contributed by atoms with Gasteiger partial charge < -0.3 is 15.2 Å². The summed E-state index contributed by atoms with van der Waals surface area (Å²) < 4.78 is 5.47. The Morgan fingerprint density at radius 1 is 0.846 bits per heavy atom. The van der Waals surface area contributed by atoms with E-state index in [1.165, 1.54) is 0 Å². The molecule has 2 aromatic rings. The lowest BCUT2D eigenvalue weighted by Crippen LogP contribution is -2.46. The third kappa shape index (κ3) is 12.3. The second kappa shape index (κ2) is 15.2. The van der Waals surface area contributed by atoms with Gasteiger partial charge in [-0.2, -0.15) is 0 Å². The summed E-state index contributed by atoms with van der Waals surface area (Å²) in [5.74, 6) is -3.75. The Balaban J connectivity index is 2.17. The maximum atomic E-state index is 13.5. The molecule has 0 bridgehead atoms. The van der Waals surface area contributed by atoms with Gasteiger partial charge in [0, 0.05) is 12.3 Å². The van der Waals surface area contributed by atoms with Crippen LogP contribution in [0.4, 0.5) is 0 Å². The van der Waals surface area contributed by atoms with Crippen LogP contribution in [0.3, 0.4) is 0 Å². The molecule has 7 nitrogen and oxygen atoms in total. The van der Waals surface area contributed by atoms with Gasteiger partial charge in [-0.3, -0.25) is 19.2 Å². The molecule has 0 aliphatic heterocycles. The molecule has 0 saturated carbocycles. The number of carbonyl (C=O) groups excluding carboxylic acids is 3. The number of hydrogen-bond acceptors (Lipinski definition) is 5. The van der Waals surface area contributed by atoms with Gasteiger partial charge in [-0.1, -0.05) is 74.5 Å². The van der Waals surface area contributed by atoms with Crippen LogP contribution in [0.1, 0.15) is 71.4 Å². The number of nitrogens with one attached hydrogen (secondary N) is 1. The highest BCUT2D eigenvalue weighted by Crippen LogP contribution is 2.20. The molecule has 2 N–H and O–H groups in total. The lowest BCUT2D eigenvalue weighted by molar-refractivity contribution is -0.157. The lowest BCUT2D eigenvalue weighted by Gasteiger charge is -2.25. The number of benzene rings is 2. The Hall–Kier alpha value is -3.48. The molecule has 2 rings (SSSR count). The van der Waals surface area contributed by atoms with E-state index >= 15 is 0 Å². The van der Waals surface area contributed by atoms with Crippen LogP contribution in [0.25, 0.3) is 0 Å². The van der Waals surface area contributed by atoms with Crippen LogP contribution in [0.5, 0.6) is 0 Å². The van der Waals surface area contributed by atoms with E-state index in [0.717, 1.165) is 11.1 Å². The predicted molar refractivity (Wildman–Crippen MR) is 151 cm³/mol. The second-order valence-corrected chi connectivity index (χ2v) is 11.6. The highest BCUT2D eigenvalue weighted by atomic mass is 16.6. The number of carbonyl (C=O) groups is 4. The number of aliphatic carboxylic acids is 1. The number of esters is 1. The Kier molecular flexibility index (Phi) is 12.4. The van der Waals surface area contributed by atoms with Crippen molar-refractivity contribution in [1.82, 2.24) is 5.32 Å². The third-order valence-electron chi connectivity index (χ3n) is 6.36. The first kappa shape index (κ1) is 31.7. The average molecular weight is 538 g/mol. The monoisotopic (exact) mass is 537 g/mol. The van der Waals surface area contributed by atoms with Gasteiger partial charge in [-0.25, -0.2) is 0 Å². The van der Waals surface area contributed by atoms with Gasteiger partial charge in [0.05, 0.1) is 18.4 Å². The number of ketones is 1. The molecule has 0 aliphatic rings. The number of amides is 1. The summed E-state index contributed by atoms with van der Waals surface area (Å²) in [6, 6.07) is 18.0. The summed E-state index contributed by atoms with van der Waals surface area (Å²) in [6.07, 6.45) is 1.29. The summed E-state index contributed by atoms with van der Waals surface area (Å²) in [6.45, 7) is 9.21. The summed E-state index contributed by atoms with van der Waals surface area (Å²) in [7, 11) is 0. The van der Waals surface area contributed by atoms with Crippen LogP contribution in [0.2, 0.25) is 0 Å². The average Bonchev–Trinajstić information content (AvgIpc) is 2.85. The smallest absolute Gasteiger partial charge is 0.307 e. The number of Topliss-reactive ketones (excluding diaryl/α,β-unsaturated/α-hetero) is 1. The predicted octanol–water partition coefficient (Wildman–Crippen LogP) is 5.40. The fourth-order valence-corrected chi connectivity index (χ4v) is 4.46. The van der Waals surface area contributed by atoms with E-state index in [0.29, 0.717) is 19.3 Å². The normalized spacial score (nSPS) is 13.8. The van der Waals surface area contributed by atoms with Crippen molar-refractivity contribution < 1.29 is 29.0 Å². The SMILES string of the molecule is CC(C)C[C@H](NC(=O)[C@H](CCc1ccccc1)CC(=O)OC(C)(C)C)C(=O)C[C@H](Cc1ccccc1)C(=O)O. The van der Waals surface area contributed by atoms with Gasteiger partial charge in [0.25, 0.3) is 0 Å². The molecule has 0 aliphatic carbocycles. The van der Waals surface area contributed by atoms with Gasteiger partial charge in [-0.05, 0) is 63.5 Å². The molecule has 0 saturated heterocycles. The van der Waals surface area contributed by atoms with Gasteiger partial charge in [0.1, 0.15) is 5.60 Å². The molecular formula is C32H43NO6. The fraction of sp³-hybridized carbons (Fsp3) is 0.500. The number of carboxylic acids is 1. The molecule has 0 aromatic heterocycles. The summed E-state index contributed by atoms with van der Waals surface area (Å²) in [5, 5.41) is 12.7. The van der Waals surface area contributed by atoms with Crippen LogP contribution in [-0.2, 0) is 36.8 Å². The third-order valence-corrected chi connectivity index (χ3v) is 6.36. The van der Waals surface area contributed by atoms with Crippen LogP contribution < -0.4 is 5.32 Å². The van der Waals surface area contributed by atoms with Crippen LogP contribution in [-0.4, -0.2) is 40.4 Å². The van der Waals surface area contributed by atoms with E-state index in [9.17, 15) is 24.3 Å². The number of carboxylic acid groups (broad SMARTS) is 1. The molecule has 0 unspecified atom stereocenters. The summed E-state index contributed by atoms with van der Waals surface area (Å²) in [5.41, 5.74) is 1.19. The molecule has 0 heterocycles. The number of ether oxygens (including phenoxy) is 1. The summed E-state index contributed by atoms with van der Waals surface area (Å²) in [4.78, 5) is 51.5. The molecule has 0 radical (unpaired) electrons. The molecule has 0 spiro atoms. The molecule has 39 heavy (non-hydrogen) atoms. The highest BCUT2D eigenvalue weighted by molar-refractivity contribution is 5.92. The standard InChI is InChI=1S/C32H43NO6/c1-22(2)18-27(28(34)20-26(31(37)38)19-24-14-10-7-11-15-24)33-30(36)25(21-29(35)39-32(3,4)5)17-16-23-12-8-6-9-13-23/h6-15,22,25-27H,16-21H2,1-5H3,(H,33,36)(H,37,38)/t25-,26+,27+/m1/s1. The zero-order valence-corrected chi connectivity index (χ0v) is 23.8. The van der Waals surface area contributed by atoms with E-state index < -0.39 is 41.3 Å². The molecule has 1 amide bonds. The Bertz CT molecular complexity index is 1070. The number of aryl methyl sites for hydroxylation is 1. The van der Waals surface area contributed by atoms with Crippen molar-refractivity contribution in [1.29, 1.82) is 0 Å². The minimum atomic E-state index is -1.05. The fourth-order valence-electron chi connectivity index (χ4n) is 4.46. The van der Waals surface area contributed by atoms with Crippen molar-refractivity contribution in [3.63, 3.8) is 0 Å². The first-order chi connectivity index (χ1) is 18.3. The zero-order valence-electron chi connectivity index (χ0n) is 23.8. The molecule has 212 valence electrons. The molecule has 0 fully saturated rings. The quantitative estimate of drug-likeness (QED) is 0.294. The Morgan fingerprint density at radius 2 is 1.41 bits per heavy atom. The Morgan fingerprint density at radius 3 is 1.92 bits per heavy atom. The zero-order chi connectivity index (χ0) is 29.0. The maximum Gasteiger partial charge on any atom is 0.307 e. The summed E-state index contributed by atoms with van der Waals surface area (Å²) >= 11 is 0. The van der Waals surface area contributed by atoms with Gasteiger partial charge in [-0.15, -0.1) is 0 Å². The topological polar surface area (TPSA) is 110 Å². The van der Waals surface area contributed by atoms with Crippen molar-refractivity contribution in [2.24, 2.45) is 17.8 Å². The minimum Gasteiger partial charge on any atom is -0.481 e. The maximum absolute atomic E-state index is 13.5. The van der Waals surface area contributed by atoms with E-state index in [4.69, 9.17) is 4.74 Å². The first-order valence-electron chi connectivity index (χ1n) is 13.7. The highest BCUT2D eigenvalue weighted by Gasteiger charge is 2.31. The molecular weight excluding hydrogens is 494 g/mol. The van der Waals surface area contributed by atoms with Crippen molar-refractivity contribution in [3.05, 3.63) is 71.8 Å². The molecule has 7 heteroatoms. The largest absolute Gasteiger partial charge is 0.481 e. The van der Waals surface area contributed by atoms with Crippen molar-refractivity contribution in [2.75, 3.05) is 0 Å². The number of hydrogen-bond donors (Lipinski definition) is 2. The first-order valence-corrected chi connectivity index (χ1v) is 13.7. The van der Waals surface area contributed by atoms with Gasteiger partial charge in [0.15, 0.2) is 5.78 Å². The van der Waals surface area contributed by atoms with E-state index in [1.807, 2.05) is 74.5 Å². The van der Waals surface area contributed by atoms with Gasteiger partial charge >= 0.3 is 11.9 Å². The van der Waals surface area contributed by atoms with Crippen LogP contribution >= 0.6 is 0 Å². The Labute approximate surface area is 232 Å². The van der Waals surface area contributed by atoms with Gasteiger partial charge in [0.2, 0.25) is 5.91 Å². The van der Waals surface area contributed by atoms with Crippen molar-refractivity contribution >= 4 is 23.6 Å². The number of rotatable bonds is 15. The van der Waals surface area contributed by atoms with Crippen LogP contribution in [0.15, 0.2) is 60.7 Å². The van der Waals surface area contributed by atoms with E-state index in [1.54, 1.807) is 20.8 Å². The lowest BCUT2D eigenvalue weighted by atomic mass is 9.89. The van der Waals surface area contributed by atoms with Crippen molar-refractivity contribution in [3.8, 4) is 0 Å². The minimum absolute atomic E-state index is 0.0882. The molecule has 2 aromatic carbocycles. The van der Waals surface area contributed by atoms with E-state index in [2.05, 4.69) is 5.32 Å². The second-order valence-electron chi connectivity index (χ2n) is 11.6. The molecule has 3 atom stereocenters.